The van der Waals surface area contributed by atoms with Crippen LogP contribution < -0.4 is 20.4 Å². The van der Waals surface area contributed by atoms with Crippen molar-refractivity contribution in [2.45, 2.75) is 98.2 Å². The van der Waals surface area contributed by atoms with Crippen LogP contribution in [0.4, 0.5) is 0 Å². The van der Waals surface area contributed by atoms with Crippen LogP contribution in [0.3, 0.4) is 0 Å². The fourth-order valence-electron chi connectivity index (χ4n) is 7.97. The van der Waals surface area contributed by atoms with Crippen LogP contribution in [0.5, 0.6) is 5.75 Å². The Bertz CT molecular complexity index is 1570. The largest absolute Gasteiger partial charge is 0.488 e. The Morgan fingerprint density at radius 1 is 1.05 bits per heavy atom. The zero-order chi connectivity index (χ0) is 30.0. The Labute approximate surface area is 254 Å². The van der Waals surface area contributed by atoms with E-state index in [0.29, 0.717) is 12.1 Å². The smallest absolute Gasteiger partial charge is 0.137 e. The maximum atomic E-state index is 7.18. The molecule has 0 saturated carbocycles. The van der Waals surface area contributed by atoms with Gasteiger partial charge in [-0.15, -0.1) is 0 Å². The van der Waals surface area contributed by atoms with Crippen molar-refractivity contribution >= 4 is 36.5 Å². The van der Waals surface area contributed by atoms with Gasteiger partial charge in [-0.25, -0.2) is 0 Å². The molecule has 41 heavy (non-hydrogen) atoms. The van der Waals surface area contributed by atoms with Gasteiger partial charge in [0.05, 0.1) is 5.02 Å². The molecule has 0 spiro atoms. The van der Waals surface area contributed by atoms with E-state index < -0.39 is 8.07 Å². The second-order valence-electron chi connectivity index (χ2n) is 14.8. The Kier molecular flexibility index (Phi) is 7.70. The molecule has 1 unspecified atom stereocenters. The zero-order valence-corrected chi connectivity index (χ0v) is 28.6. The molecule has 0 aliphatic heterocycles. The van der Waals surface area contributed by atoms with Crippen LogP contribution in [0.1, 0.15) is 80.7 Å². The number of halogens is 1. The van der Waals surface area contributed by atoms with Gasteiger partial charge in [0.2, 0.25) is 0 Å². The van der Waals surface area contributed by atoms with E-state index in [1.54, 1.807) is 22.3 Å². The van der Waals surface area contributed by atoms with Crippen LogP contribution in [0.15, 0.2) is 71.8 Å². The third-order valence-corrected chi connectivity index (χ3v) is 16.1. The van der Waals surface area contributed by atoms with E-state index in [2.05, 4.69) is 117 Å². The number of allylic oxidation sites excluding steroid dienone is 4. The molecule has 1 atom stereocenters. The standard InChI is InChI=1S/C38H49ClOSi/c1-11-20-40-34-30(39)21-26(36(4,5)6)22-31(34)41(12-2,13-3)35-29-24-37(7,8)19-18-28(29)33-32(35)27-17-15-14-16-25(27)23-38(33,9)10/h11,14-17,21-24,35H,1,12-13,18-20H2,2-10H3. The van der Waals surface area contributed by atoms with Crippen molar-refractivity contribution in [1.82, 2.24) is 0 Å². The van der Waals surface area contributed by atoms with Crippen molar-refractivity contribution in [3.8, 4) is 5.75 Å². The third kappa shape index (κ3) is 4.93. The highest BCUT2D eigenvalue weighted by molar-refractivity contribution is 6.95. The molecule has 0 heterocycles. The Morgan fingerprint density at radius 3 is 2.37 bits per heavy atom. The number of hydrogen-bond acceptors (Lipinski definition) is 1. The van der Waals surface area contributed by atoms with Crippen LogP contribution in [0.25, 0.3) is 11.6 Å². The number of fused-ring (bicyclic) bond motifs is 3. The van der Waals surface area contributed by atoms with E-state index in [-0.39, 0.29) is 16.2 Å². The van der Waals surface area contributed by atoms with Gasteiger partial charge in [-0.2, -0.15) is 0 Å². The molecule has 2 aromatic carbocycles. The molecule has 0 aromatic heterocycles. The van der Waals surface area contributed by atoms with Gasteiger partial charge >= 0.3 is 0 Å². The maximum Gasteiger partial charge on any atom is 0.137 e. The van der Waals surface area contributed by atoms with Gasteiger partial charge in [0, 0.05) is 11.0 Å². The summed E-state index contributed by atoms with van der Waals surface area (Å²) in [5.41, 5.74) is 8.17. The van der Waals surface area contributed by atoms with Gasteiger partial charge in [-0.1, -0.05) is 141 Å². The molecule has 0 fully saturated rings. The topological polar surface area (TPSA) is 9.23 Å². The highest BCUT2D eigenvalue weighted by atomic mass is 35.5. The minimum absolute atomic E-state index is 0.0190. The number of rotatable bonds is 7. The predicted molar refractivity (Wildman–Crippen MR) is 181 cm³/mol. The van der Waals surface area contributed by atoms with Crippen molar-refractivity contribution in [3.05, 3.63) is 92.9 Å². The van der Waals surface area contributed by atoms with E-state index in [4.69, 9.17) is 16.3 Å². The van der Waals surface area contributed by atoms with E-state index in [0.717, 1.165) is 29.3 Å². The Morgan fingerprint density at radius 2 is 1.73 bits per heavy atom. The summed E-state index contributed by atoms with van der Waals surface area (Å²) < 4.78 is 6.51. The molecule has 3 heteroatoms. The minimum atomic E-state index is -2.34. The van der Waals surface area contributed by atoms with Gasteiger partial charge in [-0.05, 0) is 73.2 Å². The summed E-state index contributed by atoms with van der Waals surface area (Å²) >= 11 is 7.18. The molecule has 3 aliphatic carbocycles. The Balaban J connectivity index is 1.94. The van der Waals surface area contributed by atoms with Crippen molar-refractivity contribution in [2.75, 3.05) is 6.61 Å². The normalized spacial score (nSPS) is 21.0. The Hall–Kier alpha value is -2.29. The van der Waals surface area contributed by atoms with Crippen LogP contribution in [0, 0.1) is 10.8 Å². The monoisotopic (exact) mass is 584 g/mol. The van der Waals surface area contributed by atoms with Crippen molar-refractivity contribution in [2.24, 2.45) is 10.8 Å². The second-order valence-corrected chi connectivity index (χ2v) is 20.0. The summed E-state index contributed by atoms with van der Waals surface area (Å²) in [6, 6.07) is 16.0. The van der Waals surface area contributed by atoms with Crippen molar-refractivity contribution in [1.29, 1.82) is 0 Å². The first-order chi connectivity index (χ1) is 19.2. The summed E-state index contributed by atoms with van der Waals surface area (Å²) in [6.45, 7) is 25.9. The highest BCUT2D eigenvalue weighted by Gasteiger charge is 2.54. The SMILES string of the molecule is C=CCOc1c(Cl)cc(C(C)(C)C)cc1[Si](CC)(CC)C1C2=CC(C)(C)CCC2=C2C1=c1ccccc1=CC2(C)C. The van der Waals surface area contributed by atoms with Crippen LogP contribution >= 0.6 is 11.6 Å². The summed E-state index contributed by atoms with van der Waals surface area (Å²) in [7, 11) is -2.34. The quantitative estimate of drug-likeness (QED) is 0.233. The molecule has 0 bridgehead atoms. The van der Waals surface area contributed by atoms with Crippen LogP contribution in [-0.4, -0.2) is 14.7 Å². The second kappa shape index (κ2) is 10.5. The van der Waals surface area contributed by atoms with Crippen molar-refractivity contribution in [3.63, 3.8) is 0 Å². The van der Waals surface area contributed by atoms with Gasteiger partial charge in [-0.3, -0.25) is 0 Å². The molecule has 3 aliphatic rings. The zero-order valence-electron chi connectivity index (χ0n) is 26.8. The highest BCUT2D eigenvalue weighted by Crippen LogP contribution is 2.62. The van der Waals surface area contributed by atoms with E-state index >= 15 is 0 Å². The molecular formula is C38H49ClOSi. The van der Waals surface area contributed by atoms with Crippen molar-refractivity contribution < 1.29 is 4.74 Å². The average Bonchev–Trinajstić information content (AvgIpc) is 3.23. The molecular weight excluding hydrogens is 536 g/mol. The molecule has 0 saturated heterocycles. The fourth-order valence-corrected chi connectivity index (χ4v) is 13.5. The summed E-state index contributed by atoms with van der Waals surface area (Å²) in [6.07, 6.45) is 9.36. The molecule has 0 radical (unpaired) electrons. The third-order valence-electron chi connectivity index (χ3n) is 10.1. The van der Waals surface area contributed by atoms with Crippen LogP contribution in [0.2, 0.25) is 22.7 Å². The lowest BCUT2D eigenvalue weighted by Crippen LogP contribution is -2.53. The lowest BCUT2D eigenvalue weighted by atomic mass is 9.73. The first kappa shape index (κ1) is 30.2. The van der Waals surface area contributed by atoms with Gasteiger partial charge in [0.15, 0.2) is 0 Å². The van der Waals surface area contributed by atoms with Gasteiger partial charge in [0.25, 0.3) is 0 Å². The van der Waals surface area contributed by atoms with Gasteiger partial charge in [0.1, 0.15) is 20.4 Å². The molecule has 218 valence electrons. The van der Waals surface area contributed by atoms with Gasteiger partial charge < -0.3 is 4.74 Å². The summed E-state index contributed by atoms with van der Waals surface area (Å²) in [4.78, 5) is 0. The first-order valence-electron chi connectivity index (χ1n) is 15.6. The first-order valence-corrected chi connectivity index (χ1v) is 18.4. The van der Waals surface area contributed by atoms with Crippen LogP contribution in [-0.2, 0) is 5.41 Å². The summed E-state index contributed by atoms with van der Waals surface area (Å²) in [5.74, 6) is 0.885. The lowest BCUT2D eigenvalue weighted by molar-refractivity contribution is 0.365. The molecule has 5 rings (SSSR count). The maximum absolute atomic E-state index is 7.18. The number of hydrogen-bond donors (Lipinski definition) is 0. The number of benzene rings is 2. The number of ether oxygens (including phenoxy) is 1. The minimum Gasteiger partial charge on any atom is -0.488 e. The summed E-state index contributed by atoms with van der Waals surface area (Å²) in [5, 5.41) is 4.92. The van der Waals surface area contributed by atoms with E-state index in [1.165, 1.54) is 27.6 Å². The predicted octanol–water partition coefficient (Wildman–Crippen LogP) is 9.00. The van der Waals surface area contributed by atoms with E-state index in [1.807, 2.05) is 6.08 Å². The molecule has 0 amide bonds. The molecule has 0 N–H and O–H groups in total. The van der Waals surface area contributed by atoms with E-state index in [9.17, 15) is 0 Å². The molecule has 2 aromatic rings. The average molecular weight is 585 g/mol. The molecule has 1 nitrogen and oxygen atoms in total. The fraction of sp³-hybridized carbons (Fsp3) is 0.474. The lowest BCUT2D eigenvalue weighted by Gasteiger charge is -2.42.